The molecule has 0 aliphatic rings. The number of urea groups is 1. The third-order valence-corrected chi connectivity index (χ3v) is 2.16. The highest BCUT2D eigenvalue weighted by molar-refractivity contribution is 6.33. The molecule has 3 amide bonds. The largest absolute Gasteiger partial charge is 0.480 e. The molecule has 7 nitrogen and oxygen atoms in total. The van der Waals surface area contributed by atoms with Crippen molar-refractivity contribution in [1.29, 1.82) is 0 Å². The SMILES string of the molecule is O=C(O)COCC(=O)NC(=O)Nc1ccccc1Cl. The van der Waals surface area contributed by atoms with Crippen molar-refractivity contribution < 1.29 is 24.2 Å². The quantitative estimate of drug-likeness (QED) is 0.751. The van der Waals surface area contributed by atoms with E-state index in [2.05, 4.69) is 10.1 Å². The molecule has 0 aliphatic heterocycles. The number of benzene rings is 1. The first-order valence-corrected chi connectivity index (χ1v) is 5.51. The summed E-state index contributed by atoms with van der Waals surface area (Å²) >= 11 is 5.81. The number of amides is 3. The van der Waals surface area contributed by atoms with Gasteiger partial charge in [0.2, 0.25) is 0 Å². The minimum atomic E-state index is -1.20. The van der Waals surface area contributed by atoms with Gasteiger partial charge in [-0.25, -0.2) is 9.59 Å². The van der Waals surface area contributed by atoms with Crippen LogP contribution in [0.2, 0.25) is 5.02 Å². The molecule has 0 radical (unpaired) electrons. The molecule has 0 heterocycles. The van der Waals surface area contributed by atoms with Crippen LogP contribution in [0.25, 0.3) is 0 Å². The third-order valence-electron chi connectivity index (χ3n) is 1.83. The zero-order chi connectivity index (χ0) is 14.3. The molecule has 0 spiro atoms. The minimum absolute atomic E-state index is 0.326. The number of nitrogens with one attached hydrogen (secondary N) is 2. The summed E-state index contributed by atoms with van der Waals surface area (Å²) in [5.74, 6) is -1.96. The van der Waals surface area contributed by atoms with Gasteiger partial charge in [-0.2, -0.15) is 0 Å². The number of carboxylic acid groups (broad SMARTS) is 1. The van der Waals surface area contributed by atoms with Gasteiger partial charge in [0.25, 0.3) is 5.91 Å². The van der Waals surface area contributed by atoms with E-state index in [4.69, 9.17) is 16.7 Å². The number of hydrogen-bond donors (Lipinski definition) is 3. The van der Waals surface area contributed by atoms with E-state index in [0.29, 0.717) is 10.7 Å². The number of ether oxygens (including phenoxy) is 1. The number of anilines is 1. The number of hydrogen-bond acceptors (Lipinski definition) is 4. The zero-order valence-electron chi connectivity index (χ0n) is 9.68. The Morgan fingerprint density at radius 3 is 2.53 bits per heavy atom. The standard InChI is InChI=1S/C11H11ClN2O5/c12-7-3-1-2-4-8(7)13-11(18)14-9(15)5-19-6-10(16)17/h1-4H,5-6H2,(H,16,17)(H2,13,14,15,18). The van der Waals surface area contributed by atoms with E-state index in [1.54, 1.807) is 24.3 Å². The van der Waals surface area contributed by atoms with Crippen LogP contribution >= 0.6 is 11.6 Å². The van der Waals surface area contributed by atoms with Gasteiger partial charge < -0.3 is 15.2 Å². The molecule has 102 valence electrons. The lowest BCUT2D eigenvalue weighted by molar-refractivity contribution is -0.143. The topological polar surface area (TPSA) is 105 Å². The molecule has 0 aliphatic carbocycles. The predicted octanol–water partition coefficient (Wildman–Crippen LogP) is 1.09. The predicted molar refractivity (Wildman–Crippen MR) is 67.1 cm³/mol. The smallest absolute Gasteiger partial charge is 0.329 e. The van der Waals surface area contributed by atoms with Gasteiger partial charge in [-0.1, -0.05) is 23.7 Å². The number of carboxylic acids is 1. The Bertz CT molecular complexity index is 492. The lowest BCUT2D eigenvalue weighted by Crippen LogP contribution is -2.37. The van der Waals surface area contributed by atoms with Crippen molar-refractivity contribution >= 4 is 35.2 Å². The summed E-state index contributed by atoms with van der Waals surface area (Å²) < 4.78 is 4.51. The number of carbonyl (C=O) groups excluding carboxylic acids is 2. The van der Waals surface area contributed by atoms with Crippen molar-refractivity contribution in [3.8, 4) is 0 Å². The minimum Gasteiger partial charge on any atom is -0.480 e. The second-order valence-electron chi connectivity index (χ2n) is 3.37. The molecule has 0 unspecified atom stereocenters. The highest BCUT2D eigenvalue weighted by atomic mass is 35.5. The molecule has 1 aromatic rings. The molecule has 8 heteroatoms. The van der Waals surface area contributed by atoms with Crippen LogP contribution in [0.15, 0.2) is 24.3 Å². The summed E-state index contributed by atoms with van der Waals surface area (Å²) in [6.45, 7) is -1.14. The van der Waals surface area contributed by atoms with Crippen LogP contribution in [0.1, 0.15) is 0 Å². The second kappa shape index (κ2) is 7.34. The summed E-state index contributed by atoms with van der Waals surface area (Å²) in [7, 11) is 0. The first-order chi connectivity index (χ1) is 8.99. The van der Waals surface area contributed by atoms with Crippen LogP contribution in [-0.2, 0) is 14.3 Å². The van der Waals surface area contributed by atoms with Gasteiger partial charge in [0.1, 0.15) is 13.2 Å². The Hall–Kier alpha value is -2.12. The third kappa shape index (κ3) is 5.84. The van der Waals surface area contributed by atoms with E-state index in [1.807, 2.05) is 5.32 Å². The molecule has 0 saturated heterocycles. The van der Waals surface area contributed by atoms with Crippen molar-refractivity contribution in [2.45, 2.75) is 0 Å². The van der Waals surface area contributed by atoms with E-state index in [0.717, 1.165) is 0 Å². The van der Waals surface area contributed by atoms with Gasteiger partial charge in [-0.3, -0.25) is 10.1 Å². The average Bonchev–Trinajstić information content (AvgIpc) is 2.31. The molecule has 0 bridgehead atoms. The summed E-state index contributed by atoms with van der Waals surface area (Å²) in [6, 6.07) is 5.72. The number of aliphatic carboxylic acids is 1. The summed E-state index contributed by atoms with van der Waals surface area (Å²) in [5, 5.41) is 12.9. The maximum absolute atomic E-state index is 11.4. The van der Waals surface area contributed by atoms with E-state index >= 15 is 0 Å². The highest BCUT2D eigenvalue weighted by Gasteiger charge is 2.10. The molecule has 1 aromatic carbocycles. The van der Waals surface area contributed by atoms with E-state index < -0.39 is 31.1 Å². The van der Waals surface area contributed by atoms with Gasteiger partial charge >= 0.3 is 12.0 Å². The zero-order valence-corrected chi connectivity index (χ0v) is 10.4. The number of rotatable bonds is 5. The Kier molecular flexibility index (Phi) is 5.77. The van der Waals surface area contributed by atoms with Crippen LogP contribution in [-0.4, -0.2) is 36.2 Å². The monoisotopic (exact) mass is 286 g/mol. The lowest BCUT2D eigenvalue weighted by atomic mass is 10.3. The lowest BCUT2D eigenvalue weighted by Gasteiger charge is -2.07. The number of halogens is 1. The van der Waals surface area contributed by atoms with Gasteiger partial charge in [0.05, 0.1) is 10.7 Å². The molecule has 3 N–H and O–H groups in total. The van der Waals surface area contributed by atoms with Crippen molar-refractivity contribution in [3.63, 3.8) is 0 Å². The normalized spacial score (nSPS) is 9.74. The Labute approximate surface area is 113 Å². The van der Waals surface area contributed by atoms with Gasteiger partial charge in [-0.15, -0.1) is 0 Å². The van der Waals surface area contributed by atoms with Crippen LogP contribution in [0.5, 0.6) is 0 Å². The van der Waals surface area contributed by atoms with Gasteiger partial charge in [-0.05, 0) is 12.1 Å². The fraction of sp³-hybridized carbons (Fsp3) is 0.182. The second-order valence-corrected chi connectivity index (χ2v) is 3.78. The van der Waals surface area contributed by atoms with Crippen molar-refractivity contribution in [2.24, 2.45) is 0 Å². The molecular formula is C11H11ClN2O5. The molecule has 0 atom stereocenters. The number of para-hydroxylation sites is 1. The van der Waals surface area contributed by atoms with E-state index in [-0.39, 0.29) is 0 Å². The Balaban J connectivity index is 2.37. The fourth-order valence-electron chi connectivity index (χ4n) is 1.11. The maximum Gasteiger partial charge on any atom is 0.329 e. The molecule has 0 saturated carbocycles. The highest BCUT2D eigenvalue weighted by Crippen LogP contribution is 2.19. The molecule has 0 fully saturated rings. The number of imide groups is 1. The van der Waals surface area contributed by atoms with E-state index in [1.165, 1.54) is 0 Å². The van der Waals surface area contributed by atoms with E-state index in [9.17, 15) is 14.4 Å². The summed E-state index contributed by atoms with van der Waals surface area (Å²) in [6.07, 6.45) is 0. The van der Waals surface area contributed by atoms with Gasteiger partial charge in [0.15, 0.2) is 0 Å². The Morgan fingerprint density at radius 2 is 1.89 bits per heavy atom. The van der Waals surface area contributed by atoms with Crippen LogP contribution < -0.4 is 10.6 Å². The van der Waals surface area contributed by atoms with Gasteiger partial charge in [0, 0.05) is 0 Å². The summed E-state index contributed by atoms with van der Waals surface area (Å²) in [4.78, 5) is 32.7. The fourth-order valence-corrected chi connectivity index (χ4v) is 1.29. The van der Waals surface area contributed by atoms with Crippen LogP contribution in [0.3, 0.4) is 0 Å². The van der Waals surface area contributed by atoms with Crippen LogP contribution in [0.4, 0.5) is 10.5 Å². The first kappa shape index (κ1) is 14.9. The molecule has 19 heavy (non-hydrogen) atoms. The molecule has 1 rings (SSSR count). The van der Waals surface area contributed by atoms with Crippen LogP contribution in [0, 0.1) is 0 Å². The van der Waals surface area contributed by atoms with Crippen molar-refractivity contribution in [1.82, 2.24) is 5.32 Å². The summed E-state index contributed by atoms with van der Waals surface area (Å²) in [5.41, 5.74) is 0.348. The maximum atomic E-state index is 11.4. The molecular weight excluding hydrogens is 276 g/mol. The average molecular weight is 287 g/mol. The number of carbonyl (C=O) groups is 3. The van der Waals surface area contributed by atoms with Crippen molar-refractivity contribution in [3.05, 3.63) is 29.3 Å². The Morgan fingerprint density at radius 1 is 1.21 bits per heavy atom. The molecule has 0 aromatic heterocycles. The van der Waals surface area contributed by atoms with Crippen molar-refractivity contribution in [2.75, 3.05) is 18.5 Å². The first-order valence-electron chi connectivity index (χ1n) is 5.14.